The monoisotopic (exact) mass is 291 g/mol. The van der Waals surface area contributed by atoms with Crippen LogP contribution in [0.3, 0.4) is 0 Å². The van der Waals surface area contributed by atoms with Crippen LogP contribution in [-0.4, -0.2) is 36.0 Å². The standard InChI is InChI=1S/C12H13N5O4/c1-5-6(2)13-14-11(9(5)12(18)19)16-8(4)10(17(20)21)7(3)15-16/h1-4H3,(H,18,19). The number of aromatic nitrogens is 4. The van der Waals surface area contributed by atoms with E-state index in [0.717, 1.165) is 4.68 Å². The van der Waals surface area contributed by atoms with Gasteiger partial charge in [-0.3, -0.25) is 10.1 Å². The Morgan fingerprint density at radius 1 is 1.19 bits per heavy atom. The Bertz CT molecular complexity index is 765. The van der Waals surface area contributed by atoms with E-state index in [4.69, 9.17) is 0 Å². The molecule has 0 saturated carbocycles. The second kappa shape index (κ2) is 4.93. The number of aromatic carboxylic acids is 1. The maximum absolute atomic E-state index is 11.5. The second-order valence-electron chi connectivity index (χ2n) is 4.60. The number of carboxylic acids is 1. The summed E-state index contributed by atoms with van der Waals surface area (Å²) >= 11 is 0. The molecule has 0 radical (unpaired) electrons. The Kier molecular flexibility index (Phi) is 3.42. The van der Waals surface area contributed by atoms with E-state index >= 15 is 0 Å². The van der Waals surface area contributed by atoms with E-state index < -0.39 is 10.9 Å². The van der Waals surface area contributed by atoms with E-state index in [1.54, 1.807) is 13.8 Å². The molecule has 2 rings (SSSR count). The average Bonchev–Trinajstić information content (AvgIpc) is 2.67. The first-order chi connectivity index (χ1) is 9.75. The van der Waals surface area contributed by atoms with Crippen LogP contribution in [0, 0.1) is 37.8 Å². The van der Waals surface area contributed by atoms with Gasteiger partial charge in [-0.2, -0.15) is 10.2 Å². The molecule has 0 aliphatic carbocycles. The van der Waals surface area contributed by atoms with Crippen LogP contribution in [-0.2, 0) is 0 Å². The van der Waals surface area contributed by atoms with Crippen molar-refractivity contribution in [3.63, 3.8) is 0 Å². The van der Waals surface area contributed by atoms with Gasteiger partial charge in [-0.15, -0.1) is 5.10 Å². The van der Waals surface area contributed by atoms with Crippen LogP contribution in [0.4, 0.5) is 5.69 Å². The highest BCUT2D eigenvalue weighted by molar-refractivity contribution is 5.93. The summed E-state index contributed by atoms with van der Waals surface area (Å²) < 4.78 is 1.15. The molecule has 21 heavy (non-hydrogen) atoms. The summed E-state index contributed by atoms with van der Waals surface area (Å²) in [5, 5.41) is 32.1. The van der Waals surface area contributed by atoms with Crippen molar-refractivity contribution in [3.05, 3.63) is 38.3 Å². The molecule has 0 bridgehead atoms. The lowest BCUT2D eigenvalue weighted by Gasteiger charge is -2.09. The molecular formula is C12H13N5O4. The van der Waals surface area contributed by atoms with Crippen LogP contribution in [0.5, 0.6) is 0 Å². The molecule has 0 amide bonds. The Hall–Kier alpha value is -2.84. The number of nitro groups is 1. The molecule has 110 valence electrons. The summed E-state index contributed by atoms with van der Waals surface area (Å²) in [6, 6.07) is 0. The molecule has 0 atom stereocenters. The van der Waals surface area contributed by atoms with Crippen molar-refractivity contribution in [2.24, 2.45) is 0 Å². The van der Waals surface area contributed by atoms with E-state index in [0.29, 0.717) is 11.3 Å². The SMILES string of the molecule is Cc1nnc(-n2nc(C)c([N+](=O)[O-])c2C)c(C(=O)O)c1C. The Labute approximate surface area is 119 Å². The molecule has 0 saturated heterocycles. The van der Waals surface area contributed by atoms with Gasteiger partial charge in [0.1, 0.15) is 17.0 Å². The van der Waals surface area contributed by atoms with E-state index in [2.05, 4.69) is 15.3 Å². The van der Waals surface area contributed by atoms with Crippen molar-refractivity contribution in [1.29, 1.82) is 0 Å². The highest BCUT2D eigenvalue weighted by atomic mass is 16.6. The number of carbonyl (C=O) groups is 1. The zero-order valence-electron chi connectivity index (χ0n) is 11.9. The molecule has 2 aromatic heterocycles. The maximum Gasteiger partial charge on any atom is 0.339 e. The van der Waals surface area contributed by atoms with Gasteiger partial charge < -0.3 is 5.11 Å². The van der Waals surface area contributed by atoms with E-state index in [-0.39, 0.29) is 28.5 Å². The van der Waals surface area contributed by atoms with Crippen molar-refractivity contribution in [2.75, 3.05) is 0 Å². The van der Waals surface area contributed by atoms with Gasteiger partial charge in [0.25, 0.3) is 0 Å². The maximum atomic E-state index is 11.5. The molecule has 0 unspecified atom stereocenters. The predicted octanol–water partition coefficient (Wildman–Crippen LogP) is 1.50. The zero-order chi connectivity index (χ0) is 15.9. The number of rotatable bonds is 3. The minimum absolute atomic E-state index is 0.0284. The smallest absolute Gasteiger partial charge is 0.339 e. The van der Waals surface area contributed by atoms with Crippen LogP contribution in [0.15, 0.2) is 0 Å². The third kappa shape index (κ3) is 2.22. The van der Waals surface area contributed by atoms with Crippen molar-refractivity contribution >= 4 is 11.7 Å². The summed E-state index contributed by atoms with van der Waals surface area (Å²) in [7, 11) is 0. The molecule has 2 heterocycles. The summed E-state index contributed by atoms with van der Waals surface area (Å²) in [6.07, 6.45) is 0. The Morgan fingerprint density at radius 2 is 1.81 bits per heavy atom. The molecule has 0 aromatic carbocycles. The lowest BCUT2D eigenvalue weighted by atomic mass is 10.1. The molecule has 1 N–H and O–H groups in total. The lowest BCUT2D eigenvalue weighted by molar-refractivity contribution is -0.386. The number of hydrogen-bond donors (Lipinski definition) is 1. The van der Waals surface area contributed by atoms with Crippen LogP contribution >= 0.6 is 0 Å². The molecule has 9 nitrogen and oxygen atoms in total. The van der Waals surface area contributed by atoms with Gasteiger partial charge in [0.15, 0.2) is 5.82 Å². The first-order valence-electron chi connectivity index (χ1n) is 6.03. The fourth-order valence-electron chi connectivity index (χ4n) is 2.11. The van der Waals surface area contributed by atoms with Crippen molar-refractivity contribution < 1.29 is 14.8 Å². The molecule has 0 aliphatic rings. The first kappa shape index (κ1) is 14.6. The van der Waals surface area contributed by atoms with Gasteiger partial charge in [0.05, 0.1) is 10.6 Å². The van der Waals surface area contributed by atoms with E-state index in [1.165, 1.54) is 13.8 Å². The van der Waals surface area contributed by atoms with Crippen LogP contribution in [0.2, 0.25) is 0 Å². The fraction of sp³-hybridized carbons (Fsp3) is 0.333. The van der Waals surface area contributed by atoms with E-state index in [1.807, 2.05) is 0 Å². The molecule has 0 spiro atoms. The van der Waals surface area contributed by atoms with Crippen LogP contribution < -0.4 is 0 Å². The number of hydrogen-bond acceptors (Lipinski definition) is 6. The van der Waals surface area contributed by atoms with Gasteiger partial charge >= 0.3 is 11.7 Å². The molecule has 0 fully saturated rings. The third-order valence-corrected chi connectivity index (χ3v) is 3.29. The zero-order valence-corrected chi connectivity index (χ0v) is 11.9. The summed E-state index contributed by atoms with van der Waals surface area (Å²) in [5.74, 6) is -1.21. The summed E-state index contributed by atoms with van der Waals surface area (Å²) in [5.41, 5.74) is 1.09. The second-order valence-corrected chi connectivity index (χ2v) is 4.60. The Morgan fingerprint density at radius 3 is 2.29 bits per heavy atom. The minimum atomic E-state index is -1.18. The quantitative estimate of drug-likeness (QED) is 0.671. The molecule has 9 heteroatoms. The number of aryl methyl sites for hydroxylation is 2. The van der Waals surface area contributed by atoms with Gasteiger partial charge in [-0.1, -0.05) is 0 Å². The summed E-state index contributed by atoms with van der Waals surface area (Å²) in [4.78, 5) is 21.9. The van der Waals surface area contributed by atoms with Crippen LogP contribution in [0.25, 0.3) is 5.82 Å². The molecular weight excluding hydrogens is 278 g/mol. The number of carboxylic acid groups (broad SMARTS) is 1. The van der Waals surface area contributed by atoms with Gasteiger partial charge in [0, 0.05) is 0 Å². The highest BCUT2D eigenvalue weighted by Crippen LogP contribution is 2.26. The number of nitrogens with zero attached hydrogens (tertiary/aromatic N) is 5. The van der Waals surface area contributed by atoms with Gasteiger partial charge in [-0.05, 0) is 33.3 Å². The van der Waals surface area contributed by atoms with Crippen molar-refractivity contribution in [3.8, 4) is 5.82 Å². The Balaban J connectivity index is 2.80. The van der Waals surface area contributed by atoms with Crippen LogP contribution in [0.1, 0.15) is 33.0 Å². The van der Waals surface area contributed by atoms with Gasteiger partial charge in [-0.25, -0.2) is 9.48 Å². The van der Waals surface area contributed by atoms with Gasteiger partial charge in [0.2, 0.25) is 0 Å². The third-order valence-electron chi connectivity index (χ3n) is 3.29. The first-order valence-corrected chi connectivity index (χ1v) is 6.03. The molecule has 0 aliphatic heterocycles. The van der Waals surface area contributed by atoms with E-state index in [9.17, 15) is 20.0 Å². The van der Waals surface area contributed by atoms with Crippen molar-refractivity contribution in [2.45, 2.75) is 27.7 Å². The predicted molar refractivity (Wildman–Crippen MR) is 71.7 cm³/mol. The highest BCUT2D eigenvalue weighted by Gasteiger charge is 2.27. The topological polar surface area (TPSA) is 124 Å². The normalized spacial score (nSPS) is 10.7. The van der Waals surface area contributed by atoms with Crippen molar-refractivity contribution in [1.82, 2.24) is 20.0 Å². The summed E-state index contributed by atoms with van der Waals surface area (Å²) in [6.45, 7) is 6.22. The lowest BCUT2D eigenvalue weighted by Crippen LogP contribution is -2.15. The average molecular weight is 291 g/mol. The largest absolute Gasteiger partial charge is 0.478 e. The fourth-order valence-corrected chi connectivity index (χ4v) is 2.11. The molecule has 2 aromatic rings. The minimum Gasteiger partial charge on any atom is -0.478 e.